The van der Waals surface area contributed by atoms with Crippen LogP contribution in [0.5, 0.6) is 0 Å². The van der Waals surface area contributed by atoms with E-state index in [4.69, 9.17) is 10.2 Å². The van der Waals surface area contributed by atoms with Crippen molar-refractivity contribution in [2.24, 2.45) is 0 Å². The van der Waals surface area contributed by atoms with Crippen molar-refractivity contribution >= 4 is 0 Å². The fourth-order valence-corrected chi connectivity index (χ4v) is 2.04. The first-order valence-corrected chi connectivity index (χ1v) is 7.29. The van der Waals surface area contributed by atoms with Crippen LogP contribution in [0.15, 0.2) is 0 Å². The maximum Gasteiger partial charge on any atom is 0.0558 e. The lowest BCUT2D eigenvalue weighted by Gasteiger charge is -2.21. The highest BCUT2D eigenvalue weighted by molar-refractivity contribution is 4.58. The summed E-state index contributed by atoms with van der Waals surface area (Å²) in [5.41, 5.74) is 0. The van der Waals surface area contributed by atoms with Crippen LogP contribution in [0.25, 0.3) is 0 Å². The largest absolute Gasteiger partial charge is 0.396 e. The topological polar surface area (TPSA) is 43.7 Å². The molecule has 0 bridgehead atoms. The summed E-state index contributed by atoms with van der Waals surface area (Å²) in [5, 5.41) is 17.7. The molecule has 0 rings (SSSR count). The summed E-state index contributed by atoms with van der Waals surface area (Å²) < 4.78 is 0. The summed E-state index contributed by atoms with van der Waals surface area (Å²) in [4.78, 5) is 2.37. The molecule has 0 aromatic heterocycles. The molecule has 0 heterocycles. The average molecular weight is 245 g/mol. The summed E-state index contributed by atoms with van der Waals surface area (Å²) in [5.74, 6) is 0. The van der Waals surface area contributed by atoms with E-state index in [0.29, 0.717) is 6.61 Å². The Bertz CT molecular complexity index is 142. The van der Waals surface area contributed by atoms with Crippen molar-refractivity contribution in [1.82, 2.24) is 4.90 Å². The summed E-state index contributed by atoms with van der Waals surface area (Å²) in [6.45, 7) is 5.85. The minimum Gasteiger partial charge on any atom is -0.396 e. The van der Waals surface area contributed by atoms with Crippen molar-refractivity contribution in [1.29, 1.82) is 0 Å². The molecule has 0 radical (unpaired) electrons. The van der Waals surface area contributed by atoms with Gasteiger partial charge in [0.1, 0.15) is 0 Å². The van der Waals surface area contributed by atoms with E-state index in [0.717, 1.165) is 32.5 Å². The summed E-state index contributed by atoms with van der Waals surface area (Å²) in [6.07, 6.45) is 9.60. The van der Waals surface area contributed by atoms with E-state index in [1.807, 2.05) is 0 Å². The van der Waals surface area contributed by atoms with Gasteiger partial charge in [0.05, 0.1) is 6.61 Å². The number of nitrogens with zero attached hydrogens (tertiary/aromatic N) is 1. The second-order valence-electron chi connectivity index (χ2n) is 4.76. The molecule has 2 N–H and O–H groups in total. The lowest BCUT2D eigenvalue weighted by molar-refractivity contribution is 0.190. The van der Waals surface area contributed by atoms with Crippen LogP contribution in [0, 0.1) is 0 Å². The summed E-state index contributed by atoms with van der Waals surface area (Å²) >= 11 is 0. The van der Waals surface area contributed by atoms with Crippen molar-refractivity contribution in [2.45, 2.75) is 58.3 Å². The zero-order valence-corrected chi connectivity index (χ0v) is 11.5. The Kier molecular flexibility index (Phi) is 13.8. The van der Waals surface area contributed by atoms with Gasteiger partial charge < -0.3 is 15.1 Å². The van der Waals surface area contributed by atoms with Gasteiger partial charge in [0.15, 0.2) is 0 Å². The molecular formula is C14H31NO2. The molecule has 0 saturated carbocycles. The second-order valence-corrected chi connectivity index (χ2v) is 4.76. The highest BCUT2D eigenvalue weighted by Gasteiger charge is 2.03. The van der Waals surface area contributed by atoms with Crippen molar-refractivity contribution in [3.63, 3.8) is 0 Å². The monoisotopic (exact) mass is 245 g/mol. The van der Waals surface area contributed by atoms with E-state index in [1.165, 1.54) is 38.5 Å². The van der Waals surface area contributed by atoms with Gasteiger partial charge in [-0.15, -0.1) is 0 Å². The number of aliphatic hydroxyl groups is 2. The molecule has 0 aromatic carbocycles. The molecule has 0 aromatic rings. The van der Waals surface area contributed by atoms with Gasteiger partial charge in [-0.3, -0.25) is 0 Å². The molecule has 0 saturated heterocycles. The molecule has 0 fully saturated rings. The van der Waals surface area contributed by atoms with E-state index in [9.17, 15) is 0 Å². The fourth-order valence-electron chi connectivity index (χ4n) is 2.04. The van der Waals surface area contributed by atoms with Crippen LogP contribution in [-0.4, -0.2) is 48.0 Å². The smallest absolute Gasteiger partial charge is 0.0558 e. The highest BCUT2D eigenvalue weighted by atomic mass is 16.3. The van der Waals surface area contributed by atoms with Crippen LogP contribution in [-0.2, 0) is 0 Å². The van der Waals surface area contributed by atoms with Crippen LogP contribution < -0.4 is 0 Å². The fraction of sp³-hybridized carbons (Fsp3) is 1.00. The quantitative estimate of drug-likeness (QED) is 0.490. The Hall–Kier alpha value is -0.120. The van der Waals surface area contributed by atoms with Gasteiger partial charge in [-0.1, -0.05) is 39.0 Å². The third kappa shape index (κ3) is 12.1. The van der Waals surface area contributed by atoms with E-state index >= 15 is 0 Å². The first-order valence-electron chi connectivity index (χ1n) is 7.29. The Morgan fingerprint density at radius 1 is 0.647 bits per heavy atom. The van der Waals surface area contributed by atoms with Gasteiger partial charge in [-0.05, 0) is 32.4 Å². The van der Waals surface area contributed by atoms with Crippen molar-refractivity contribution in [3.8, 4) is 0 Å². The van der Waals surface area contributed by atoms with Crippen molar-refractivity contribution < 1.29 is 10.2 Å². The second kappa shape index (κ2) is 13.9. The first kappa shape index (κ1) is 16.9. The maximum absolute atomic E-state index is 9.01. The van der Waals surface area contributed by atoms with Gasteiger partial charge in [-0.2, -0.15) is 0 Å². The molecule has 104 valence electrons. The van der Waals surface area contributed by atoms with Gasteiger partial charge in [0.2, 0.25) is 0 Å². The van der Waals surface area contributed by atoms with Crippen LogP contribution in [0.3, 0.4) is 0 Å². The molecule has 0 aliphatic rings. The van der Waals surface area contributed by atoms with E-state index in [-0.39, 0.29) is 6.61 Å². The molecular weight excluding hydrogens is 214 g/mol. The summed E-state index contributed by atoms with van der Waals surface area (Å²) in [7, 11) is 0. The van der Waals surface area contributed by atoms with E-state index in [1.54, 1.807) is 0 Å². The highest BCUT2D eigenvalue weighted by Crippen LogP contribution is 2.05. The molecule has 0 atom stereocenters. The van der Waals surface area contributed by atoms with Gasteiger partial charge >= 0.3 is 0 Å². The number of rotatable bonds is 13. The molecule has 3 nitrogen and oxygen atoms in total. The maximum atomic E-state index is 9.01. The van der Waals surface area contributed by atoms with Crippen molar-refractivity contribution in [3.05, 3.63) is 0 Å². The van der Waals surface area contributed by atoms with Crippen molar-refractivity contribution in [2.75, 3.05) is 32.8 Å². The minimum absolute atomic E-state index is 0.268. The standard InChI is InChI=1S/C14H31NO2/c1-2-3-4-7-10-15(12-14-17)11-8-5-6-9-13-16/h16-17H,2-14H2,1H3. The number of aliphatic hydroxyl groups excluding tert-OH is 2. The predicted molar refractivity (Wildman–Crippen MR) is 73.2 cm³/mol. The lowest BCUT2D eigenvalue weighted by atomic mass is 10.1. The SMILES string of the molecule is CCCCCCN(CCO)CCCCCCO. The Morgan fingerprint density at radius 3 is 1.76 bits per heavy atom. The van der Waals surface area contributed by atoms with Crippen LogP contribution in [0.2, 0.25) is 0 Å². The third-order valence-electron chi connectivity index (χ3n) is 3.13. The Balaban J connectivity index is 3.45. The van der Waals surface area contributed by atoms with Gasteiger partial charge in [0, 0.05) is 13.2 Å². The Morgan fingerprint density at radius 2 is 1.24 bits per heavy atom. The summed E-state index contributed by atoms with van der Waals surface area (Å²) in [6, 6.07) is 0. The molecule has 0 spiro atoms. The lowest BCUT2D eigenvalue weighted by Crippen LogP contribution is -2.29. The molecule has 3 heteroatoms. The van der Waals surface area contributed by atoms with Crippen LogP contribution in [0.1, 0.15) is 58.3 Å². The Labute approximate surface area is 107 Å². The van der Waals surface area contributed by atoms with Gasteiger partial charge in [0.25, 0.3) is 0 Å². The average Bonchev–Trinajstić information content (AvgIpc) is 2.34. The number of hydrogen-bond donors (Lipinski definition) is 2. The first-order chi connectivity index (χ1) is 8.35. The zero-order valence-electron chi connectivity index (χ0n) is 11.5. The van der Waals surface area contributed by atoms with E-state index < -0.39 is 0 Å². The van der Waals surface area contributed by atoms with Crippen LogP contribution >= 0.6 is 0 Å². The molecule has 0 unspecified atom stereocenters. The number of hydrogen-bond acceptors (Lipinski definition) is 3. The van der Waals surface area contributed by atoms with E-state index in [2.05, 4.69) is 11.8 Å². The predicted octanol–water partition coefficient (Wildman–Crippen LogP) is 2.41. The molecule has 0 amide bonds. The molecule has 17 heavy (non-hydrogen) atoms. The van der Waals surface area contributed by atoms with Gasteiger partial charge in [-0.25, -0.2) is 0 Å². The third-order valence-corrected chi connectivity index (χ3v) is 3.13. The molecule has 0 aliphatic heterocycles. The zero-order chi connectivity index (χ0) is 12.8. The number of unbranched alkanes of at least 4 members (excludes halogenated alkanes) is 6. The normalized spacial score (nSPS) is 11.3. The minimum atomic E-state index is 0.268. The molecule has 0 aliphatic carbocycles. The van der Waals surface area contributed by atoms with Crippen LogP contribution in [0.4, 0.5) is 0 Å².